The zero-order valence-corrected chi connectivity index (χ0v) is 14.6. The van der Waals surface area contributed by atoms with Gasteiger partial charge in [0.2, 0.25) is 0 Å². The van der Waals surface area contributed by atoms with Crippen LogP contribution in [0.2, 0.25) is 0 Å². The number of rotatable bonds is 7. The number of imidazole rings is 1. The number of benzene rings is 1. The third kappa shape index (κ3) is 4.73. The van der Waals surface area contributed by atoms with E-state index in [1.165, 1.54) is 38.5 Å². The number of nitrogens with one attached hydrogen (secondary N) is 3. The molecule has 2 aromatic rings. The van der Waals surface area contributed by atoms with Crippen LogP contribution in [0, 0.1) is 5.92 Å². The fourth-order valence-electron chi connectivity index (χ4n) is 3.54. The van der Waals surface area contributed by atoms with Crippen molar-refractivity contribution in [1.29, 1.82) is 0 Å². The van der Waals surface area contributed by atoms with E-state index >= 15 is 0 Å². The number of para-hydroxylation sites is 2. The first kappa shape index (κ1) is 16.8. The number of hydrogen-bond acceptors (Lipinski definition) is 2. The van der Waals surface area contributed by atoms with E-state index in [9.17, 15) is 0 Å². The van der Waals surface area contributed by atoms with Crippen LogP contribution in [0.5, 0.6) is 0 Å². The van der Waals surface area contributed by atoms with Crippen molar-refractivity contribution in [3.8, 4) is 0 Å². The summed E-state index contributed by atoms with van der Waals surface area (Å²) in [6, 6.07) is 8.14. The number of H-pyrrole nitrogens is 1. The summed E-state index contributed by atoms with van der Waals surface area (Å²) in [5, 5.41) is 6.78. The largest absolute Gasteiger partial charge is 0.356 e. The van der Waals surface area contributed by atoms with Crippen molar-refractivity contribution in [3.05, 3.63) is 30.1 Å². The van der Waals surface area contributed by atoms with E-state index in [1.54, 1.807) is 0 Å². The second-order valence-electron chi connectivity index (χ2n) is 6.67. The number of nitrogens with zero attached hydrogens (tertiary/aromatic N) is 2. The van der Waals surface area contributed by atoms with Crippen LogP contribution in [-0.4, -0.2) is 36.1 Å². The summed E-state index contributed by atoms with van der Waals surface area (Å²) in [4.78, 5) is 12.3. The molecule has 24 heavy (non-hydrogen) atoms. The molecule has 0 amide bonds. The van der Waals surface area contributed by atoms with Gasteiger partial charge in [-0.05, 0) is 30.9 Å². The Labute approximate surface area is 144 Å². The van der Waals surface area contributed by atoms with Gasteiger partial charge in [-0.25, -0.2) is 4.98 Å². The van der Waals surface area contributed by atoms with Crippen molar-refractivity contribution in [2.45, 2.75) is 44.9 Å². The van der Waals surface area contributed by atoms with Gasteiger partial charge in [-0.3, -0.25) is 4.99 Å². The summed E-state index contributed by atoms with van der Waals surface area (Å²) < 4.78 is 0. The number of aliphatic imine (C=N–C) groups is 1. The molecular formula is C19H29N5. The van der Waals surface area contributed by atoms with Gasteiger partial charge in [-0.2, -0.15) is 0 Å². The highest BCUT2D eigenvalue weighted by Crippen LogP contribution is 2.28. The monoisotopic (exact) mass is 327 g/mol. The van der Waals surface area contributed by atoms with Crippen molar-refractivity contribution in [1.82, 2.24) is 20.6 Å². The van der Waals surface area contributed by atoms with Crippen LogP contribution in [0.15, 0.2) is 29.3 Å². The Bertz CT molecular complexity index is 622. The van der Waals surface area contributed by atoms with Gasteiger partial charge in [-0.15, -0.1) is 0 Å². The molecule has 3 N–H and O–H groups in total. The molecule has 0 bridgehead atoms. The fourth-order valence-corrected chi connectivity index (χ4v) is 3.54. The van der Waals surface area contributed by atoms with Crippen molar-refractivity contribution < 1.29 is 0 Å². The van der Waals surface area contributed by atoms with E-state index in [0.29, 0.717) is 0 Å². The predicted molar refractivity (Wildman–Crippen MR) is 100 cm³/mol. The molecular weight excluding hydrogens is 298 g/mol. The van der Waals surface area contributed by atoms with Gasteiger partial charge in [0.25, 0.3) is 0 Å². The molecule has 130 valence electrons. The molecule has 0 unspecified atom stereocenters. The molecule has 1 saturated carbocycles. The molecule has 1 aromatic heterocycles. The minimum atomic E-state index is 0.822. The number of hydrogen-bond donors (Lipinski definition) is 3. The Kier molecular flexibility index (Phi) is 6.10. The van der Waals surface area contributed by atoms with Crippen molar-refractivity contribution in [2.24, 2.45) is 10.9 Å². The van der Waals surface area contributed by atoms with Crippen molar-refractivity contribution >= 4 is 17.0 Å². The lowest BCUT2D eigenvalue weighted by atomic mass is 10.0. The van der Waals surface area contributed by atoms with Gasteiger partial charge in [0, 0.05) is 26.6 Å². The molecule has 0 aliphatic heterocycles. The topological polar surface area (TPSA) is 65.1 Å². The molecule has 0 atom stereocenters. The Morgan fingerprint density at radius 3 is 2.79 bits per heavy atom. The standard InChI is InChI=1S/C19H29N5/c1-20-19(21-13-6-9-15-7-2-3-8-15)22-14-12-18-23-16-10-4-5-11-17(16)24-18/h4-5,10-11,15H,2-3,6-9,12-14H2,1H3,(H,23,24)(H2,20,21,22). The maximum atomic E-state index is 4.60. The number of aromatic nitrogens is 2. The molecule has 1 aromatic carbocycles. The third-order valence-electron chi connectivity index (χ3n) is 4.87. The van der Waals surface area contributed by atoms with E-state index in [-0.39, 0.29) is 0 Å². The highest BCUT2D eigenvalue weighted by Gasteiger charge is 2.13. The maximum absolute atomic E-state index is 4.60. The average Bonchev–Trinajstić information content (AvgIpc) is 3.25. The van der Waals surface area contributed by atoms with Crippen LogP contribution >= 0.6 is 0 Å². The predicted octanol–water partition coefficient (Wildman–Crippen LogP) is 3.24. The minimum Gasteiger partial charge on any atom is -0.356 e. The first-order valence-electron chi connectivity index (χ1n) is 9.23. The summed E-state index contributed by atoms with van der Waals surface area (Å²) in [6.07, 6.45) is 9.18. The highest BCUT2D eigenvalue weighted by atomic mass is 15.2. The second kappa shape index (κ2) is 8.71. The maximum Gasteiger partial charge on any atom is 0.190 e. The van der Waals surface area contributed by atoms with E-state index in [4.69, 9.17) is 0 Å². The molecule has 1 aliphatic rings. The lowest BCUT2D eigenvalue weighted by Gasteiger charge is -2.13. The average molecular weight is 327 g/mol. The van der Waals surface area contributed by atoms with Gasteiger partial charge in [0.05, 0.1) is 11.0 Å². The molecule has 5 heteroatoms. The minimum absolute atomic E-state index is 0.822. The third-order valence-corrected chi connectivity index (χ3v) is 4.87. The summed E-state index contributed by atoms with van der Waals surface area (Å²) in [7, 11) is 1.83. The lowest BCUT2D eigenvalue weighted by Crippen LogP contribution is -2.38. The lowest BCUT2D eigenvalue weighted by molar-refractivity contribution is 0.481. The van der Waals surface area contributed by atoms with Crippen LogP contribution in [0.25, 0.3) is 11.0 Å². The molecule has 1 fully saturated rings. The summed E-state index contributed by atoms with van der Waals surface area (Å²) in [5.74, 6) is 2.87. The first-order valence-corrected chi connectivity index (χ1v) is 9.23. The van der Waals surface area contributed by atoms with Crippen LogP contribution in [0.1, 0.15) is 44.3 Å². The second-order valence-corrected chi connectivity index (χ2v) is 6.67. The molecule has 0 spiro atoms. The number of guanidine groups is 1. The zero-order valence-electron chi connectivity index (χ0n) is 14.6. The van der Waals surface area contributed by atoms with E-state index in [1.807, 2.05) is 25.2 Å². The van der Waals surface area contributed by atoms with Crippen LogP contribution in [-0.2, 0) is 6.42 Å². The molecule has 1 aliphatic carbocycles. The normalized spacial score (nSPS) is 16.0. The fraction of sp³-hybridized carbons (Fsp3) is 0.579. The van der Waals surface area contributed by atoms with E-state index < -0.39 is 0 Å². The Hall–Kier alpha value is -2.04. The van der Waals surface area contributed by atoms with E-state index in [2.05, 4.69) is 31.7 Å². The van der Waals surface area contributed by atoms with Gasteiger partial charge in [0.1, 0.15) is 5.82 Å². The van der Waals surface area contributed by atoms with Crippen molar-refractivity contribution in [2.75, 3.05) is 20.1 Å². The van der Waals surface area contributed by atoms with Crippen LogP contribution in [0.4, 0.5) is 0 Å². The number of aromatic amines is 1. The molecule has 0 saturated heterocycles. The summed E-state index contributed by atoms with van der Waals surface area (Å²) in [5.41, 5.74) is 2.13. The molecule has 5 nitrogen and oxygen atoms in total. The Morgan fingerprint density at radius 1 is 1.21 bits per heavy atom. The summed E-state index contributed by atoms with van der Waals surface area (Å²) in [6.45, 7) is 1.82. The molecule has 1 heterocycles. The SMILES string of the molecule is CN=C(NCCCC1CCCC1)NCCc1nc2ccccc2[nH]1. The zero-order chi connectivity index (χ0) is 16.6. The van der Waals surface area contributed by atoms with Crippen LogP contribution < -0.4 is 10.6 Å². The van der Waals surface area contributed by atoms with Gasteiger partial charge >= 0.3 is 0 Å². The first-order chi connectivity index (χ1) is 11.8. The Balaban J connectivity index is 1.34. The quantitative estimate of drug-likeness (QED) is 0.415. The molecule has 0 radical (unpaired) electrons. The highest BCUT2D eigenvalue weighted by molar-refractivity contribution is 5.79. The van der Waals surface area contributed by atoms with E-state index in [0.717, 1.165) is 48.2 Å². The smallest absolute Gasteiger partial charge is 0.190 e. The Morgan fingerprint density at radius 2 is 2.00 bits per heavy atom. The van der Waals surface area contributed by atoms with Gasteiger partial charge in [0.15, 0.2) is 5.96 Å². The molecule has 3 rings (SSSR count). The van der Waals surface area contributed by atoms with Crippen LogP contribution in [0.3, 0.4) is 0 Å². The van der Waals surface area contributed by atoms with Crippen molar-refractivity contribution in [3.63, 3.8) is 0 Å². The van der Waals surface area contributed by atoms with Gasteiger partial charge < -0.3 is 15.6 Å². The van der Waals surface area contributed by atoms with Gasteiger partial charge in [-0.1, -0.05) is 37.8 Å². The number of fused-ring (bicyclic) bond motifs is 1. The summed E-state index contributed by atoms with van der Waals surface area (Å²) >= 11 is 0.